The molecular weight excluding hydrogens is 300 g/mol. The van der Waals surface area contributed by atoms with E-state index in [-0.39, 0.29) is 11.3 Å². The third kappa shape index (κ3) is 2.85. The highest BCUT2D eigenvalue weighted by molar-refractivity contribution is 5.93. The van der Waals surface area contributed by atoms with E-state index in [2.05, 4.69) is 25.5 Å². The minimum absolute atomic E-state index is 0.0240. The van der Waals surface area contributed by atoms with E-state index >= 15 is 0 Å². The van der Waals surface area contributed by atoms with Gasteiger partial charge in [0.2, 0.25) is 0 Å². The minimum atomic E-state index is -0.476. The van der Waals surface area contributed by atoms with E-state index in [9.17, 15) is 9.59 Å². The van der Waals surface area contributed by atoms with Crippen molar-refractivity contribution in [2.75, 3.05) is 6.54 Å². The van der Waals surface area contributed by atoms with Gasteiger partial charge in [0, 0.05) is 18.3 Å². The third-order valence-corrected chi connectivity index (χ3v) is 3.62. The number of carbonyl (C=O) groups excluding carboxylic acids is 1. The van der Waals surface area contributed by atoms with Gasteiger partial charge in [0.1, 0.15) is 17.7 Å². The zero-order valence-electron chi connectivity index (χ0n) is 12.8. The molecule has 1 amide bonds. The van der Waals surface area contributed by atoms with Gasteiger partial charge in [0.25, 0.3) is 17.2 Å². The summed E-state index contributed by atoms with van der Waals surface area (Å²) in [6.45, 7) is 4.19. The number of hydrogen-bond donors (Lipinski definition) is 2. The number of H-pyrrole nitrogens is 1. The fourth-order valence-corrected chi connectivity index (χ4v) is 2.38. The van der Waals surface area contributed by atoms with Gasteiger partial charge in [-0.3, -0.25) is 14.7 Å². The lowest BCUT2D eigenvalue weighted by molar-refractivity contribution is 0.0951. The number of aromatic amines is 1. The van der Waals surface area contributed by atoms with Crippen LogP contribution in [0.1, 0.15) is 33.8 Å². The number of carbonyl (C=O) groups is 1. The quantitative estimate of drug-likeness (QED) is 0.657. The highest BCUT2D eigenvalue weighted by atomic mass is 16.5. The first-order valence-corrected chi connectivity index (χ1v) is 7.19. The molecule has 0 aliphatic heterocycles. The second-order valence-electron chi connectivity index (χ2n) is 5.16. The van der Waals surface area contributed by atoms with Crippen molar-refractivity contribution in [1.82, 2.24) is 30.1 Å². The number of nitrogens with zero attached hydrogens (tertiary/aromatic N) is 4. The molecule has 0 bridgehead atoms. The van der Waals surface area contributed by atoms with E-state index in [0.717, 1.165) is 34.4 Å². The summed E-state index contributed by atoms with van der Waals surface area (Å²) in [6, 6.07) is 0. The van der Waals surface area contributed by atoms with Crippen LogP contribution in [-0.4, -0.2) is 37.2 Å². The van der Waals surface area contributed by atoms with Crippen molar-refractivity contribution >= 4 is 11.7 Å². The van der Waals surface area contributed by atoms with Crippen molar-refractivity contribution in [3.05, 3.63) is 45.5 Å². The zero-order chi connectivity index (χ0) is 16.4. The Morgan fingerprint density at radius 1 is 1.39 bits per heavy atom. The molecule has 0 aromatic carbocycles. The molecule has 0 radical (unpaired) electrons. The van der Waals surface area contributed by atoms with E-state index in [1.165, 1.54) is 12.5 Å². The third-order valence-electron chi connectivity index (χ3n) is 3.62. The molecule has 0 spiro atoms. The molecule has 0 aliphatic carbocycles. The van der Waals surface area contributed by atoms with Crippen LogP contribution in [0.2, 0.25) is 0 Å². The van der Waals surface area contributed by atoms with Gasteiger partial charge in [-0.2, -0.15) is 4.52 Å². The van der Waals surface area contributed by atoms with Crippen molar-refractivity contribution < 1.29 is 9.32 Å². The number of aryl methyl sites for hydroxylation is 2. The first-order chi connectivity index (χ1) is 11.1. The van der Waals surface area contributed by atoms with Gasteiger partial charge in [-0.1, -0.05) is 5.16 Å². The van der Waals surface area contributed by atoms with Gasteiger partial charge in [0.05, 0.1) is 5.69 Å². The Labute approximate surface area is 130 Å². The van der Waals surface area contributed by atoms with Crippen molar-refractivity contribution in [1.29, 1.82) is 0 Å². The van der Waals surface area contributed by atoms with E-state index in [4.69, 9.17) is 4.52 Å². The van der Waals surface area contributed by atoms with Gasteiger partial charge in [-0.05, 0) is 26.7 Å². The first-order valence-electron chi connectivity index (χ1n) is 7.19. The maximum absolute atomic E-state index is 12.1. The summed E-state index contributed by atoms with van der Waals surface area (Å²) in [5.41, 5.74) is 1.42. The van der Waals surface area contributed by atoms with Crippen molar-refractivity contribution in [2.24, 2.45) is 0 Å². The number of amides is 1. The lowest BCUT2D eigenvalue weighted by Crippen LogP contribution is -2.32. The van der Waals surface area contributed by atoms with Crippen LogP contribution >= 0.6 is 0 Å². The summed E-state index contributed by atoms with van der Waals surface area (Å²) in [5.74, 6) is 0.566. The largest absolute Gasteiger partial charge is 0.361 e. The predicted molar refractivity (Wildman–Crippen MR) is 80.2 cm³/mol. The molecule has 0 unspecified atom stereocenters. The average molecular weight is 316 g/mol. The van der Waals surface area contributed by atoms with E-state index in [1.807, 2.05) is 13.8 Å². The van der Waals surface area contributed by atoms with Crippen LogP contribution in [0.15, 0.2) is 21.8 Å². The van der Waals surface area contributed by atoms with Crippen LogP contribution in [-0.2, 0) is 6.42 Å². The molecule has 0 saturated heterocycles. The molecule has 0 aliphatic rings. The maximum atomic E-state index is 12.1. The topological polar surface area (TPSA) is 118 Å². The van der Waals surface area contributed by atoms with Gasteiger partial charge in [0.15, 0.2) is 0 Å². The first kappa shape index (κ1) is 14.9. The monoisotopic (exact) mass is 316 g/mol. The molecule has 0 fully saturated rings. The van der Waals surface area contributed by atoms with Crippen LogP contribution in [0.3, 0.4) is 0 Å². The van der Waals surface area contributed by atoms with Gasteiger partial charge < -0.3 is 9.84 Å². The molecule has 9 heteroatoms. The number of fused-ring (bicyclic) bond motifs is 1. The Kier molecular flexibility index (Phi) is 3.92. The summed E-state index contributed by atoms with van der Waals surface area (Å²) in [6.07, 6.45) is 4.05. The Morgan fingerprint density at radius 2 is 2.22 bits per heavy atom. The second-order valence-corrected chi connectivity index (χ2v) is 5.16. The van der Waals surface area contributed by atoms with Crippen LogP contribution in [0, 0.1) is 13.8 Å². The lowest BCUT2D eigenvalue weighted by Gasteiger charge is -2.04. The molecule has 3 heterocycles. The van der Waals surface area contributed by atoms with E-state index < -0.39 is 11.5 Å². The zero-order valence-corrected chi connectivity index (χ0v) is 12.8. The SMILES string of the molecule is Cc1noc(C)c1CCCNC(=O)c1cnc2nc[nH]n2c1=O. The fourth-order valence-electron chi connectivity index (χ4n) is 2.38. The van der Waals surface area contributed by atoms with Crippen LogP contribution in [0.5, 0.6) is 0 Å². The predicted octanol–water partition coefficient (Wildman–Crippen LogP) is 0.385. The Morgan fingerprint density at radius 3 is 2.96 bits per heavy atom. The van der Waals surface area contributed by atoms with Crippen LogP contribution in [0.4, 0.5) is 0 Å². The molecule has 120 valence electrons. The summed E-state index contributed by atoms with van der Waals surface area (Å²) < 4.78 is 6.22. The van der Waals surface area contributed by atoms with Crippen molar-refractivity contribution in [3.63, 3.8) is 0 Å². The average Bonchev–Trinajstić information content (AvgIpc) is 3.13. The molecule has 23 heavy (non-hydrogen) atoms. The highest BCUT2D eigenvalue weighted by Gasteiger charge is 2.14. The summed E-state index contributed by atoms with van der Waals surface area (Å²) in [7, 11) is 0. The molecule has 9 nitrogen and oxygen atoms in total. The Hall–Kier alpha value is -2.97. The molecule has 0 saturated carbocycles. The smallest absolute Gasteiger partial charge is 0.286 e. The van der Waals surface area contributed by atoms with Crippen molar-refractivity contribution in [2.45, 2.75) is 26.7 Å². The standard InChI is InChI=1S/C14H16N6O3/c1-8-10(9(2)23-19-8)4-3-5-15-12(21)11-6-16-14-17-7-18-20(14)13(11)22/h6-7H,3-5H2,1-2H3,(H,15,21)(H,16,17,18). The molecule has 0 atom stereocenters. The summed E-state index contributed by atoms with van der Waals surface area (Å²) in [5, 5.41) is 9.22. The normalized spacial score (nSPS) is 11.0. The fraction of sp³-hybridized carbons (Fsp3) is 0.357. The molecule has 2 N–H and O–H groups in total. The Bertz CT molecular complexity index is 887. The van der Waals surface area contributed by atoms with Crippen LogP contribution < -0.4 is 10.9 Å². The van der Waals surface area contributed by atoms with Crippen LogP contribution in [0.25, 0.3) is 5.78 Å². The molecular formula is C14H16N6O3. The lowest BCUT2D eigenvalue weighted by atomic mass is 10.1. The van der Waals surface area contributed by atoms with Gasteiger partial charge >= 0.3 is 0 Å². The number of hydrogen-bond acceptors (Lipinski definition) is 6. The summed E-state index contributed by atoms with van der Waals surface area (Å²) in [4.78, 5) is 32.0. The van der Waals surface area contributed by atoms with Gasteiger partial charge in [-0.15, -0.1) is 0 Å². The number of aromatic nitrogens is 5. The van der Waals surface area contributed by atoms with Gasteiger partial charge in [-0.25, -0.2) is 9.97 Å². The number of nitrogens with one attached hydrogen (secondary N) is 2. The molecule has 3 aromatic heterocycles. The Balaban J connectivity index is 1.61. The number of rotatable bonds is 5. The van der Waals surface area contributed by atoms with E-state index in [0.29, 0.717) is 6.54 Å². The van der Waals surface area contributed by atoms with Crippen molar-refractivity contribution in [3.8, 4) is 0 Å². The maximum Gasteiger partial charge on any atom is 0.286 e. The second kappa shape index (κ2) is 6.03. The summed E-state index contributed by atoms with van der Waals surface area (Å²) >= 11 is 0. The van der Waals surface area contributed by atoms with E-state index in [1.54, 1.807) is 0 Å². The minimum Gasteiger partial charge on any atom is -0.361 e. The highest BCUT2D eigenvalue weighted by Crippen LogP contribution is 2.13. The molecule has 3 rings (SSSR count). The molecule has 3 aromatic rings.